The van der Waals surface area contributed by atoms with E-state index in [1.54, 1.807) is 7.11 Å². The van der Waals surface area contributed by atoms with E-state index in [0.29, 0.717) is 6.61 Å². The first-order valence-corrected chi connectivity index (χ1v) is 6.01. The van der Waals surface area contributed by atoms with Crippen LogP contribution in [0.1, 0.15) is 5.69 Å². The number of aryl methyl sites for hydroxylation is 1. The number of hydrazine groups is 1. The molecule has 7 heteroatoms. The maximum atomic E-state index is 11.4. The van der Waals surface area contributed by atoms with E-state index in [0.717, 1.165) is 10.0 Å². The van der Waals surface area contributed by atoms with Gasteiger partial charge in [-0.2, -0.15) is 0 Å². The van der Waals surface area contributed by atoms with Gasteiger partial charge < -0.3 is 4.74 Å². The Morgan fingerprint density at radius 3 is 3.07 bits per heavy atom. The van der Waals surface area contributed by atoms with Gasteiger partial charge in [-0.1, -0.05) is 11.8 Å². The number of carbonyl (C=O) groups is 1. The molecule has 1 atom stereocenters. The summed E-state index contributed by atoms with van der Waals surface area (Å²) in [7, 11) is 1.55. The molecule has 0 fully saturated rings. The lowest BCUT2D eigenvalue weighted by Crippen LogP contribution is -2.39. The summed E-state index contributed by atoms with van der Waals surface area (Å²) in [6, 6.07) is 0. The van der Waals surface area contributed by atoms with Crippen LogP contribution in [0.25, 0.3) is 0 Å². The van der Waals surface area contributed by atoms with Crippen LogP contribution in [-0.4, -0.2) is 29.9 Å². The van der Waals surface area contributed by atoms with Crippen molar-refractivity contribution in [1.82, 2.24) is 10.4 Å². The van der Waals surface area contributed by atoms with Gasteiger partial charge in [0, 0.05) is 18.2 Å². The number of nitrogens with two attached hydrogens (primary N) is 1. The molecule has 0 aliphatic rings. The van der Waals surface area contributed by atoms with E-state index >= 15 is 0 Å². The highest BCUT2D eigenvalue weighted by Crippen LogP contribution is 2.26. The van der Waals surface area contributed by atoms with Crippen molar-refractivity contribution in [1.29, 1.82) is 0 Å². The Bertz CT molecular complexity index is 329. The number of aromatic nitrogens is 1. The number of rotatable bonds is 5. The zero-order chi connectivity index (χ0) is 11.3. The van der Waals surface area contributed by atoms with Crippen LogP contribution in [0.3, 0.4) is 0 Å². The number of methoxy groups -OCH3 is 1. The van der Waals surface area contributed by atoms with Crippen LogP contribution >= 0.6 is 23.1 Å². The molecular formula is C8H13N3O2S2. The van der Waals surface area contributed by atoms with Gasteiger partial charge in [-0.05, 0) is 6.92 Å². The molecule has 1 heterocycles. The lowest BCUT2D eigenvalue weighted by atomic mass is 10.4. The molecule has 1 unspecified atom stereocenters. The van der Waals surface area contributed by atoms with Crippen molar-refractivity contribution in [3.05, 3.63) is 11.1 Å². The van der Waals surface area contributed by atoms with Crippen molar-refractivity contribution >= 4 is 29.0 Å². The van der Waals surface area contributed by atoms with Crippen LogP contribution in [0.5, 0.6) is 0 Å². The quantitative estimate of drug-likeness (QED) is 0.344. The Hall–Kier alpha value is -0.630. The summed E-state index contributed by atoms with van der Waals surface area (Å²) in [4.78, 5) is 15.6. The molecule has 15 heavy (non-hydrogen) atoms. The second-order valence-corrected chi connectivity index (χ2v) is 5.13. The van der Waals surface area contributed by atoms with Gasteiger partial charge in [0.05, 0.1) is 6.61 Å². The number of hydrogen-bond donors (Lipinski definition) is 2. The largest absolute Gasteiger partial charge is 0.383 e. The van der Waals surface area contributed by atoms with Crippen LogP contribution in [-0.2, 0) is 9.53 Å². The molecule has 0 aliphatic heterocycles. The molecule has 0 bridgehead atoms. The Morgan fingerprint density at radius 2 is 2.60 bits per heavy atom. The molecule has 3 N–H and O–H groups in total. The van der Waals surface area contributed by atoms with E-state index in [2.05, 4.69) is 10.4 Å². The maximum Gasteiger partial charge on any atom is 0.249 e. The number of ether oxygens (including phenoxy) is 1. The number of thioether (sulfide) groups is 1. The Labute approximate surface area is 96.4 Å². The first-order valence-electron chi connectivity index (χ1n) is 4.25. The number of nitrogens with zero attached hydrogens (tertiary/aromatic N) is 1. The number of hydrogen-bond acceptors (Lipinski definition) is 6. The molecule has 0 aromatic carbocycles. The normalized spacial score (nSPS) is 12.5. The average Bonchev–Trinajstić information content (AvgIpc) is 2.62. The molecule has 84 valence electrons. The van der Waals surface area contributed by atoms with Gasteiger partial charge in [-0.15, -0.1) is 11.3 Å². The molecule has 0 aliphatic carbocycles. The smallest absolute Gasteiger partial charge is 0.249 e. The third kappa shape index (κ3) is 3.78. The predicted octanol–water partition coefficient (Wildman–Crippen LogP) is 0.549. The van der Waals surface area contributed by atoms with E-state index in [9.17, 15) is 4.79 Å². The molecule has 1 rings (SSSR count). The van der Waals surface area contributed by atoms with E-state index in [1.165, 1.54) is 23.1 Å². The number of thiazole rings is 1. The SMILES string of the molecule is COCC(Sc1nc(C)cs1)C(=O)NN. The van der Waals surface area contributed by atoms with E-state index in [4.69, 9.17) is 10.6 Å². The highest BCUT2D eigenvalue weighted by molar-refractivity contribution is 8.02. The minimum atomic E-state index is -0.356. The Morgan fingerprint density at radius 1 is 1.87 bits per heavy atom. The van der Waals surface area contributed by atoms with Crippen molar-refractivity contribution in [2.24, 2.45) is 5.84 Å². The zero-order valence-electron chi connectivity index (χ0n) is 8.52. The average molecular weight is 247 g/mol. The van der Waals surface area contributed by atoms with Gasteiger partial charge in [0.2, 0.25) is 5.91 Å². The summed E-state index contributed by atoms with van der Waals surface area (Å²) in [5.41, 5.74) is 3.06. The summed E-state index contributed by atoms with van der Waals surface area (Å²) in [6.45, 7) is 2.22. The molecule has 1 amide bonds. The van der Waals surface area contributed by atoms with Crippen LogP contribution in [0.4, 0.5) is 0 Å². The van der Waals surface area contributed by atoms with Crippen LogP contribution in [0, 0.1) is 6.92 Å². The zero-order valence-corrected chi connectivity index (χ0v) is 10.2. The number of amides is 1. The third-order valence-electron chi connectivity index (χ3n) is 1.59. The van der Waals surface area contributed by atoms with Crippen LogP contribution < -0.4 is 11.3 Å². The van der Waals surface area contributed by atoms with E-state index in [-0.39, 0.29) is 11.2 Å². The molecule has 0 saturated carbocycles. The summed E-state index contributed by atoms with van der Waals surface area (Å²) < 4.78 is 5.79. The molecule has 0 saturated heterocycles. The van der Waals surface area contributed by atoms with Crippen molar-refractivity contribution in [2.75, 3.05) is 13.7 Å². The van der Waals surface area contributed by atoms with E-state index < -0.39 is 0 Å². The maximum absolute atomic E-state index is 11.4. The number of carbonyl (C=O) groups excluding carboxylic acids is 1. The summed E-state index contributed by atoms with van der Waals surface area (Å²) in [6.07, 6.45) is 0. The van der Waals surface area contributed by atoms with Gasteiger partial charge in [0.15, 0.2) is 4.34 Å². The van der Waals surface area contributed by atoms with Gasteiger partial charge in [-0.25, -0.2) is 10.8 Å². The van der Waals surface area contributed by atoms with Gasteiger partial charge >= 0.3 is 0 Å². The second kappa shape index (κ2) is 6.06. The third-order valence-corrected chi connectivity index (χ3v) is 3.85. The standard InChI is InChI=1S/C8H13N3O2S2/c1-5-4-14-8(10-5)15-6(3-13-2)7(12)11-9/h4,6H,3,9H2,1-2H3,(H,11,12). The van der Waals surface area contributed by atoms with Crippen LogP contribution in [0.15, 0.2) is 9.72 Å². The van der Waals surface area contributed by atoms with Crippen LogP contribution in [0.2, 0.25) is 0 Å². The van der Waals surface area contributed by atoms with Crippen molar-refractivity contribution in [2.45, 2.75) is 16.5 Å². The first-order chi connectivity index (χ1) is 7.17. The summed E-state index contributed by atoms with van der Waals surface area (Å²) in [5.74, 6) is 4.82. The van der Waals surface area contributed by atoms with Gasteiger partial charge in [0.1, 0.15) is 5.25 Å². The molecule has 1 aromatic heterocycles. The molecule has 1 aromatic rings. The highest BCUT2D eigenvalue weighted by atomic mass is 32.2. The summed E-state index contributed by atoms with van der Waals surface area (Å²) in [5, 5.41) is 1.58. The van der Waals surface area contributed by atoms with E-state index in [1.807, 2.05) is 12.3 Å². The summed E-state index contributed by atoms with van der Waals surface area (Å²) >= 11 is 2.86. The van der Waals surface area contributed by atoms with Crippen molar-refractivity contribution < 1.29 is 9.53 Å². The fourth-order valence-corrected chi connectivity index (χ4v) is 2.97. The topological polar surface area (TPSA) is 77.2 Å². The van der Waals surface area contributed by atoms with Gasteiger partial charge in [-0.3, -0.25) is 10.2 Å². The molecule has 0 spiro atoms. The number of nitrogens with one attached hydrogen (secondary N) is 1. The Kier molecular flexibility index (Phi) is 5.03. The van der Waals surface area contributed by atoms with Crippen molar-refractivity contribution in [3.8, 4) is 0 Å². The second-order valence-electron chi connectivity index (χ2n) is 2.83. The Balaban J connectivity index is 2.62. The first kappa shape index (κ1) is 12.4. The fraction of sp³-hybridized carbons (Fsp3) is 0.500. The fourth-order valence-electron chi connectivity index (χ4n) is 0.916. The van der Waals surface area contributed by atoms with Crippen molar-refractivity contribution in [3.63, 3.8) is 0 Å². The lowest BCUT2D eigenvalue weighted by Gasteiger charge is -2.11. The molecule has 0 radical (unpaired) electrons. The minimum Gasteiger partial charge on any atom is -0.383 e. The molecular weight excluding hydrogens is 234 g/mol. The highest BCUT2D eigenvalue weighted by Gasteiger charge is 2.20. The minimum absolute atomic E-state index is 0.255. The molecule has 5 nitrogen and oxygen atoms in total. The monoisotopic (exact) mass is 247 g/mol. The van der Waals surface area contributed by atoms with Gasteiger partial charge in [0.25, 0.3) is 0 Å². The lowest BCUT2D eigenvalue weighted by molar-refractivity contribution is -0.121. The predicted molar refractivity (Wildman–Crippen MR) is 60.7 cm³/mol.